The van der Waals surface area contributed by atoms with Crippen LogP contribution in [0.1, 0.15) is 20.8 Å². The van der Waals surface area contributed by atoms with Gasteiger partial charge in [-0.05, 0) is 20.8 Å². The van der Waals surface area contributed by atoms with Gasteiger partial charge in [-0.3, -0.25) is 0 Å². The summed E-state index contributed by atoms with van der Waals surface area (Å²) in [4.78, 5) is 22.3. The minimum absolute atomic E-state index is 0.0311. The third kappa shape index (κ3) is 11.1. The standard InChI is InChI=1S/C12H22N2O5/c1-5-6-18-10(16)13-7-9(15)8-14-11(17)19-12(2,3)4/h5,9,15H,1,6-8H2,2-4H3,(H,13,16)(H,14,17)/t9-/m0/s1. The number of aliphatic hydroxyl groups is 1. The fourth-order valence-electron chi connectivity index (χ4n) is 0.974. The van der Waals surface area contributed by atoms with Gasteiger partial charge in [0.15, 0.2) is 0 Å². The third-order valence-electron chi connectivity index (χ3n) is 1.70. The molecule has 0 unspecified atom stereocenters. The van der Waals surface area contributed by atoms with Crippen molar-refractivity contribution in [1.82, 2.24) is 10.6 Å². The van der Waals surface area contributed by atoms with Gasteiger partial charge in [-0.1, -0.05) is 12.7 Å². The Morgan fingerprint density at radius 3 is 2.26 bits per heavy atom. The molecule has 0 rings (SSSR count). The molecule has 0 fully saturated rings. The zero-order valence-electron chi connectivity index (χ0n) is 11.6. The number of amides is 2. The summed E-state index contributed by atoms with van der Waals surface area (Å²) in [6.45, 7) is 8.63. The summed E-state index contributed by atoms with van der Waals surface area (Å²) in [6.07, 6.45) is -0.777. The first-order valence-electron chi connectivity index (χ1n) is 5.91. The van der Waals surface area contributed by atoms with E-state index in [0.29, 0.717) is 0 Å². The van der Waals surface area contributed by atoms with Gasteiger partial charge in [0.25, 0.3) is 0 Å². The lowest BCUT2D eigenvalue weighted by molar-refractivity contribution is 0.0492. The molecule has 0 aromatic carbocycles. The Morgan fingerprint density at radius 2 is 1.79 bits per heavy atom. The average molecular weight is 274 g/mol. The van der Waals surface area contributed by atoms with Crippen LogP contribution in [0.3, 0.4) is 0 Å². The van der Waals surface area contributed by atoms with Crippen LogP contribution in [0.2, 0.25) is 0 Å². The Balaban J connectivity index is 3.75. The maximum absolute atomic E-state index is 11.3. The molecule has 0 saturated heterocycles. The van der Waals surface area contributed by atoms with Crippen LogP contribution in [0.5, 0.6) is 0 Å². The second kappa shape index (κ2) is 8.36. The van der Waals surface area contributed by atoms with E-state index in [2.05, 4.69) is 21.9 Å². The number of aliphatic hydroxyl groups excluding tert-OH is 1. The lowest BCUT2D eigenvalue weighted by Crippen LogP contribution is -2.41. The van der Waals surface area contributed by atoms with E-state index in [-0.39, 0.29) is 19.7 Å². The first-order valence-corrected chi connectivity index (χ1v) is 5.91. The van der Waals surface area contributed by atoms with Crippen molar-refractivity contribution in [2.45, 2.75) is 32.5 Å². The largest absolute Gasteiger partial charge is 0.445 e. The molecule has 0 aromatic heterocycles. The summed E-state index contributed by atoms with van der Waals surface area (Å²) < 4.78 is 9.62. The van der Waals surface area contributed by atoms with Crippen molar-refractivity contribution in [3.63, 3.8) is 0 Å². The number of carbonyl (C=O) groups is 2. The van der Waals surface area contributed by atoms with E-state index in [4.69, 9.17) is 4.74 Å². The van der Waals surface area contributed by atoms with E-state index >= 15 is 0 Å². The minimum Gasteiger partial charge on any atom is -0.445 e. The second-order valence-corrected chi connectivity index (χ2v) is 4.80. The Bertz CT molecular complexity index is 312. The third-order valence-corrected chi connectivity index (χ3v) is 1.70. The van der Waals surface area contributed by atoms with Crippen LogP contribution in [-0.2, 0) is 9.47 Å². The Kier molecular flexibility index (Phi) is 7.59. The van der Waals surface area contributed by atoms with Crippen LogP contribution >= 0.6 is 0 Å². The highest BCUT2D eigenvalue weighted by Crippen LogP contribution is 2.06. The van der Waals surface area contributed by atoms with E-state index in [1.807, 2.05) is 0 Å². The molecule has 0 saturated carbocycles. The van der Waals surface area contributed by atoms with Crippen molar-refractivity contribution in [2.75, 3.05) is 19.7 Å². The molecule has 1 atom stereocenters. The van der Waals surface area contributed by atoms with E-state index in [1.165, 1.54) is 6.08 Å². The summed E-state index contributed by atoms with van der Waals surface area (Å²) in [5.74, 6) is 0. The fourth-order valence-corrected chi connectivity index (χ4v) is 0.974. The molecule has 0 aromatic rings. The Morgan fingerprint density at radius 1 is 1.26 bits per heavy atom. The normalized spacial score (nSPS) is 12.2. The van der Waals surface area contributed by atoms with Gasteiger partial charge in [0, 0.05) is 13.1 Å². The summed E-state index contributed by atoms with van der Waals surface area (Å²) in [6, 6.07) is 0. The molecule has 0 aliphatic heterocycles. The van der Waals surface area contributed by atoms with Crippen molar-refractivity contribution >= 4 is 12.2 Å². The number of nitrogens with one attached hydrogen (secondary N) is 2. The highest BCUT2D eigenvalue weighted by atomic mass is 16.6. The van der Waals surface area contributed by atoms with Crippen LogP contribution in [0.15, 0.2) is 12.7 Å². The van der Waals surface area contributed by atoms with Crippen molar-refractivity contribution in [2.24, 2.45) is 0 Å². The molecule has 7 nitrogen and oxygen atoms in total. The van der Waals surface area contributed by atoms with Gasteiger partial charge in [-0.25, -0.2) is 9.59 Å². The quantitative estimate of drug-likeness (QED) is 0.622. The van der Waals surface area contributed by atoms with Gasteiger partial charge >= 0.3 is 12.2 Å². The number of alkyl carbamates (subject to hydrolysis) is 2. The maximum atomic E-state index is 11.3. The molecule has 0 bridgehead atoms. The predicted octanol–water partition coefficient (Wildman–Crippen LogP) is 0.784. The highest BCUT2D eigenvalue weighted by molar-refractivity contribution is 5.68. The van der Waals surface area contributed by atoms with Crippen LogP contribution in [0.25, 0.3) is 0 Å². The Labute approximate surface area is 113 Å². The first kappa shape index (κ1) is 17.2. The zero-order chi connectivity index (χ0) is 14.9. The molecule has 110 valence electrons. The summed E-state index contributed by atoms with van der Waals surface area (Å²) in [7, 11) is 0. The topological polar surface area (TPSA) is 96.9 Å². The minimum atomic E-state index is -0.927. The summed E-state index contributed by atoms with van der Waals surface area (Å²) in [5, 5.41) is 14.2. The first-order chi connectivity index (χ1) is 8.74. The van der Waals surface area contributed by atoms with Gasteiger partial charge in [0.2, 0.25) is 0 Å². The van der Waals surface area contributed by atoms with Crippen LogP contribution in [0, 0.1) is 0 Å². The molecule has 0 aliphatic carbocycles. The second-order valence-electron chi connectivity index (χ2n) is 4.80. The van der Waals surface area contributed by atoms with Crippen molar-refractivity contribution in [3.05, 3.63) is 12.7 Å². The van der Waals surface area contributed by atoms with Gasteiger partial charge in [0.1, 0.15) is 12.2 Å². The number of rotatable bonds is 6. The Hall–Kier alpha value is -1.76. The van der Waals surface area contributed by atoms with E-state index < -0.39 is 23.9 Å². The monoisotopic (exact) mass is 274 g/mol. The molecule has 0 spiro atoms. The molecular formula is C12H22N2O5. The predicted molar refractivity (Wildman–Crippen MR) is 69.8 cm³/mol. The maximum Gasteiger partial charge on any atom is 0.407 e. The zero-order valence-corrected chi connectivity index (χ0v) is 11.6. The summed E-state index contributed by atoms with van der Waals surface area (Å²) in [5.41, 5.74) is -0.595. The summed E-state index contributed by atoms with van der Waals surface area (Å²) >= 11 is 0. The van der Waals surface area contributed by atoms with Gasteiger partial charge in [-0.15, -0.1) is 0 Å². The van der Waals surface area contributed by atoms with Gasteiger partial charge in [0.05, 0.1) is 6.10 Å². The van der Waals surface area contributed by atoms with Crippen molar-refractivity contribution in [3.8, 4) is 0 Å². The van der Waals surface area contributed by atoms with Gasteiger partial charge in [-0.2, -0.15) is 0 Å². The molecule has 2 amide bonds. The van der Waals surface area contributed by atoms with E-state index in [1.54, 1.807) is 20.8 Å². The fraction of sp³-hybridized carbons (Fsp3) is 0.667. The lowest BCUT2D eigenvalue weighted by atomic mass is 10.2. The number of hydrogen-bond acceptors (Lipinski definition) is 5. The van der Waals surface area contributed by atoms with Crippen LogP contribution in [-0.4, -0.2) is 48.7 Å². The molecule has 3 N–H and O–H groups in total. The highest BCUT2D eigenvalue weighted by Gasteiger charge is 2.17. The van der Waals surface area contributed by atoms with E-state index in [9.17, 15) is 14.7 Å². The molecule has 0 heterocycles. The molecule has 0 radical (unpaired) electrons. The van der Waals surface area contributed by atoms with Gasteiger partial charge < -0.3 is 25.2 Å². The average Bonchev–Trinajstić information content (AvgIpc) is 2.29. The van der Waals surface area contributed by atoms with Crippen molar-refractivity contribution < 1.29 is 24.2 Å². The molecule has 0 aliphatic rings. The SMILES string of the molecule is C=CCOC(=O)NC[C@H](O)CNC(=O)OC(C)(C)C. The number of hydrogen-bond donors (Lipinski definition) is 3. The van der Waals surface area contributed by atoms with E-state index in [0.717, 1.165) is 0 Å². The van der Waals surface area contributed by atoms with Crippen LogP contribution < -0.4 is 10.6 Å². The van der Waals surface area contributed by atoms with Crippen LogP contribution in [0.4, 0.5) is 9.59 Å². The number of ether oxygens (including phenoxy) is 2. The smallest absolute Gasteiger partial charge is 0.407 e. The number of carbonyl (C=O) groups excluding carboxylic acids is 2. The molecule has 19 heavy (non-hydrogen) atoms. The molecule has 7 heteroatoms. The van der Waals surface area contributed by atoms with Crippen molar-refractivity contribution in [1.29, 1.82) is 0 Å². The molecular weight excluding hydrogens is 252 g/mol. The lowest BCUT2D eigenvalue weighted by Gasteiger charge is -2.20.